The zero-order valence-electron chi connectivity index (χ0n) is 14.6. The average Bonchev–Trinajstić information content (AvgIpc) is 3.33. The fourth-order valence-electron chi connectivity index (χ4n) is 2.31. The number of hydrogen-bond acceptors (Lipinski definition) is 7. The van der Waals surface area contributed by atoms with Gasteiger partial charge in [-0.15, -0.1) is 10.2 Å². The van der Waals surface area contributed by atoms with Gasteiger partial charge in [0.25, 0.3) is 0 Å². The Morgan fingerprint density at radius 3 is 2.85 bits per heavy atom. The summed E-state index contributed by atoms with van der Waals surface area (Å²) in [4.78, 5) is 12.4. The molecule has 1 aromatic carbocycles. The topological polar surface area (TPSA) is 91.4 Å². The lowest BCUT2D eigenvalue weighted by atomic mass is 10.2. The molecule has 0 fully saturated rings. The van der Waals surface area contributed by atoms with Crippen LogP contribution >= 0.6 is 23.4 Å². The molecule has 27 heavy (non-hydrogen) atoms. The van der Waals surface area contributed by atoms with Crippen LogP contribution < -0.4 is 14.8 Å². The van der Waals surface area contributed by atoms with Crippen LogP contribution in [-0.2, 0) is 11.3 Å². The van der Waals surface area contributed by atoms with Gasteiger partial charge in [-0.3, -0.25) is 4.79 Å². The maximum atomic E-state index is 12.4. The van der Waals surface area contributed by atoms with E-state index in [1.165, 1.54) is 26.0 Å². The fourth-order valence-corrected chi connectivity index (χ4v) is 3.26. The number of aromatic nitrogens is 3. The van der Waals surface area contributed by atoms with Gasteiger partial charge in [-0.2, -0.15) is 0 Å². The monoisotopic (exact) mass is 408 g/mol. The SMILES string of the molecule is COc1cc(NC(=O)CSc2nncn2Cc2ccco2)c(OC)cc1Cl. The Morgan fingerprint density at radius 2 is 2.15 bits per heavy atom. The van der Waals surface area contributed by atoms with Gasteiger partial charge < -0.3 is 23.8 Å². The smallest absolute Gasteiger partial charge is 0.234 e. The van der Waals surface area contributed by atoms with E-state index in [1.54, 1.807) is 24.7 Å². The van der Waals surface area contributed by atoms with Gasteiger partial charge >= 0.3 is 0 Å². The second-order valence-corrected chi connectivity index (χ2v) is 6.69. The molecule has 2 heterocycles. The number of halogens is 1. The molecule has 1 amide bonds. The zero-order valence-corrected chi connectivity index (χ0v) is 16.2. The van der Waals surface area contributed by atoms with Crippen molar-refractivity contribution in [2.75, 3.05) is 25.3 Å². The molecule has 142 valence electrons. The zero-order chi connectivity index (χ0) is 19.2. The van der Waals surface area contributed by atoms with Crippen LogP contribution in [0.1, 0.15) is 5.76 Å². The molecule has 0 radical (unpaired) electrons. The molecule has 0 aliphatic rings. The first kappa shape index (κ1) is 19.1. The van der Waals surface area contributed by atoms with Crippen molar-refractivity contribution in [3.8, 4) is 11.5 Å². The third-order valence-electron chi connectivity index (χ3n) is 3.57. The second kappa shape index (κ2) is 8.83. The summed E-state index contributed by atoms with van der Waals surface area (Å²) in [6.07, 6.45) is 3.20. The Morgan fingerprint density at radius 1 is 1.33 bits per heavy atom. The summed E-state index contributed by atoms with van der Waals surface area (Å²) >= 11 is 7.34. The minimum atomic E-state index is -0.227. The molecule has 2 aromatic heterocycles. The molecule has 0 atom stereocenters. The number of carbonyl (C=O) groups excluding carboxylic acids is 1. The lowest BCUT2D eigenvalue weighted by Crippen LogP contribution is -2.15. The van der Waals surface area contributed by atoms with Gasteiger partial charge in [0, 0.05) is 12.1 Å². The number of amides is 1. The quantitative estimate of drug-likeness (QED) is 0.571. The van der Waals surface area contributed by atoms with E-state index >= 15 is 0 Å². The van der Waals surface area contributed by atoms with Crippen LogP contribution in [0.25, 0.3) is 0 Å². The number of ether oxygens (including phenoxy) is 2. The highest BCUT2D eigenvalue weighted by Crippen LogP contribution is 2.36. The van der Waals surface area contributed by atoms with Crippen LogP contribution in [0.5, 0.6) is 11.5 Å². The molecule has 10 heteroatoms. The minimum absolute atomic E-state index is 0.144. The van der Waals surface area contributed by atoms with Crippen LogP contribution in [0.15, 0.2) is 46.4 Å². The van der Waals surface area contributed by atoms with Crippen molar-refractivity contribution in [1.29, 1.82) is 0 Å². The van der Waals surface area contributed by atoms with E-state index < -0.39 is 0 Å². The lowest BCUT2D eigenvalue weighted by Gasteiger charge is -2.13. The number of nitrogens with one attached hydrogen (secondary N) is 1. The van der Waals surface area contributed by atoms with E-state index in [4.69, 9.17) is 25.5 Å². The van der Waals surface area contributed by atoms with Gasteiger partial charge in [0.15, 0.2) is 5.16 Å². The summed E-state index contributed by atoms with van der Waals surface area (Å²) < 4.78 is 17.6. The van der Waals surface area contributed by atoms with E-state index in [9.17, 15) is 4.79 Å². The fraction of sp³-hybridized carbons (Fsp3) is 0.235. The molecule has 0 unspecified atom stereocenters. The normalized spacial score (nSPS) is 10.6. The summed E-state index contributed by atoms with van der Waals surface area (Å²) in [5.74, 6) is 1.58. The van der Waals surface area contributed by atoms with Crippen LogP contribution in [-0.4, -0.2) is 40.6 Å². The summed E-state index contributed by atoms with van der Waals surface area (Å²) in [7, 11) is 3.00. The minimum Gasteiger partial charge on any atom is -0.495 e. The maximum Gasteiger partial charge on any atom is 0.234 e. The third kappa shape index (κ3) is 4.75. The Balaban J connectivity index is 1.63. The summed E-state index contributed by atoms with van der Waals surface area (Å²) in [5.41, 5.74) is 0.474. The maximum absolute atomic E-state index is 12.4. The Bertz CT molecular complexity index is 914. The van der Waals surface area contributed by atoms with E-state index in [0.29, 0.717) is 33.9 Å². The summed E-state index contributed by atoms with van der Waals surface area (Å²) in [5, 5.41) is 11.7. The van der Waals surface area contributed by atoms with Crippen LogP contribution in [0.3, 0.4) is 0 Å². The average molecular weight is 409 g/mol. The number of thioether (sulfide) groups is 1. The number of nitrogens with zero attached hydrogens (tertiary/aromatic N) is 3. The molecule has 0 saturated carbocycles. The largest absolute Gasteiger partial charge is 0.495 e. The number of methoxy groups -OCH3 is 2. The van der Waals surface area contributed by atoms with Crippen LogP contribution in [0.2, 0.25) is 5.02 Å². The predicted octanol–water partition coefficient (Wildman–Crippen LogP) is 3.32. The number of anilines is 1. The van der Waals surface area contributed by atoms with Crippen LogP contribution in [0, 0.1) is 0 Å². The van der Waals surface area contributed by atoms with Gasteiger partial charge in [-0.1, -0.05) is 23.4 Å². The first-order chi connectivity index (χ1) is 13.1. The third-order valence-corrected chi connectivity index (χ3v) is 4.84. The van der Waals surface area contributed by atoms with E-state index in [-0.39, 0.29) is 11.7 Å². The first-order valence-corrected chi connectivity index (χ1v) is 9.21. The molecule has 3 rings (SSSR count). The number of benzene rings is 1. The molecule has 0 bridgehead atoms. The van der Waals surface area contributed by atoms with Crippen LogP contribution in [0.4, 0.5) is 5.69 Å². The van der Waals surface area contributed by atoms with E-state index in [2.05, 4.69) is 15.5 Å². The molecule has 0 spiro atoms. The van der Waals surface area contributed by atoms with Crippen molar-refractivity contribution in [2.24, 2.45) is 0 Å². The molecular weight excluding hydrogens is 392 g/mol. The number of hydrogen-bond donors (Lipinski definition) is 1. The van der Waals surface area contributed by atoms with Gasteiger partial charge in [-0.05, 0) is 12.1 Å². The number of rotatable bonds is 8. The van der Waals surface area contributed by atoms with Crippen molar-refractivity contribution in [3.05, 3.63) is 47.6 Å². The highest BCUT2D eigenvalue weighted by atomic mass is 35.5. The standard InChI is InChI=1S/C17H17ClN4O4S/c1-24-14-7-13(15(25-2)6-12(14)18)20-16(23)9-27-17-21-19-10-22(17)8-11-4-3-5-26-11/h3-7,10H,8-9H2,1-2H3,(H,20,23). The number of carbonyl (C=O) groups is 1. The van der Waals surface area contributed by atoms with Crippen molar-refractivity contribution < 1.29 is 18.7 Å². The number of furan rings is 1. The molecule has 0 saturated heterocycles. The lowest BCUT2D eigenvalue weighted by molar-refractivity contribution is -0.113. The molecule has 0 aliphatic carbocycles. The first-order valence-electron chi connectivity index (χ1n) is 7.85. The van der Waals surface area contributed by atoms with Crippen molar-refractivity contribution in [3.63, 3.8) is 0 Å². The molecule has 0 aliphatic heterocycles. The molecule has 1 N–H and O–H groups in total. The van der Waals surface area contributed by atoms with Gasteiger partial charge in [0.2, 0.25) is 5.91 Å². The Kier molecular flexibility index (Phi) is 6.25. The van der Waals surface area contributed by atoms with Gasteiger partial charge in [-0.25, -0.2) is 0 Å². The van der Waals surface area contributed by atoms with E-state index in [0.717, 1.165) is 5.76 Å². The van der Waals surface area contributed by atoms with Crippen molar-refractivity contribution in [2.45, 2.75) is 11.7 Å². The summed E-state index contributed by atoms with van der Waals surface area (Å²) in [6.45, 7) is 0.492. The van der Waals surface area contributed by atoms with E-state index in [1.807, 2.05) is 16.7 Å². The summed E-state index contributed by atoms with van der Waals surface area (Å²) in [6, 6.07) is 6.88. The molecular formula is C17H17ClN4O4S. The highest BCUT2D eigenvalue weighted by molar-refractivity contribution is 7.99. The van der Waals surface area contributed by atoms with Crippen molar-refractivity contribution in [1.82, 2.24) is 14.8 Å². The molecule has 8 nitrogen and oxygen atoms in total. The Labute approximate surface area is 164 Å². The second-order valence-electron chi connectivity index (χ2n) is 5.34. The Hall–Kier alpha value is -2.65. The van der Waals surface area contributed by atoms with Crippen molar-refractivity contribution >= 4 is 35.0 Å². The molecule has 3 aromatic rings. The van der Waals surface area contributed by atoms with Gasteiger partial charge in [0.05, 0.1) is 43.5 Å². The van der Waals surface area contributed by atoms with Gasteiger partial charge in [0.1, 0.15) is 23.6 Å². The predicted molar refractivity (Wildman–Crippen MR) is 102 cm³/mol. The highest BCUT2D eigenvalue weighted by Gasteiger charge is 2.14.